The van der Waals surface area contributed by atoms with E-state index < -0.39 is 5.60 Å². The molecule has 1 saturated carbocycles. The summed E-state index contributed by atoms with van der Waals surface area (Å²) in [4.78, 5) is 2.14. The SMILES string of the molecule is COc1ccccc1C1(O)CCC(Cc2ccc(F)cc2)CC1CN(C)C. The second-order valence-electron chi connectivity index (χ2n) is 8.05. The Hall–Kier alpha value is -1.91. The van der Waals surface area contributed by atoms with Crippen molar-refractivity contribution in [2.75, 3.05) is 27.7 Å². The molecule has 0 spiro atoms. The fraction of sp³-hybridized carbons (Fsp3) is 0.478. The highest BCUT2D eigenvalue weighted by Gasteiger charge is 2.44. The largest absolute Gasteiger partial charge is 0.496 e. The zero-order valence-corrected chi connectivity index (χ0v) is 16.5. The van der Waals surface area contributed by atoms with Crippen molar-refractivity contribution in [2.24, 2.45) is 11.8 Å². The Morgan fingerprint density at radius 3 is 2.52 bits per heavy atom. The van der Waals surface area contributed by atoms with Gasteiger partial charge in [0.05, 0.1) is 12.7 Å². The van der Waals surface area contributed by atoms with Crippen LogP contribution in [-0.2, 0) is 12.0 Å². The van der Waals surface area contributed by atoms with Gasteiger partial charge in [-0.1, -0.05) is 30.3 Å². The molecule has 0 aliphatic heterocycles. The lowest BCUT2D eigenvalue weighted by molar-refractivity contribution is -0.0764. The average molecular weight is 371 g/mol. The molecule has 4 heteroatoms. The van der Waals surface area contributed by atoms with Gasteiger partial charge >= 0.3 is 0 Å². The van der Waals surface area contributed by atoms with E-state index in [2.05, 4.69) is 4.90 Å². The molecule has 1 N–H and O–H groups in total. The minimum absolute atomic E-state index is 0.114. The second-order valence-corrected chi connectivity index (χ2v) is 8.05. The minimum atomic E-state index is -0.893. The van der Waals surface area contributed by atoms with Crippen LogP contribution in [0, 0.1) is 17.7 Å². The van der Waals surface area contributed by atoms with Crippen molar-refractivity contribution < 1.29 is 14.2 Å². The Balaban J connectivity index is 1.83. The summed E-state index contributed by atoms with van der Waals surface area (Å²) >= 11 is 0. The smallest absolute Gasteiger partial charge is 0.124 e. The standard InChI is InChI=1S/C23H30FNO2/c1-25(2)16-19-15-18(14-17-8-10-20(24)11-9-17)12-13-23(19,26)21-6-4-5-7-22(21)27-3/h4-11,18-19,26H,12-16H2,1-3H3. The van der Waals surface area contributed by atoms with Crippen molar-refractivity contribution in [2.45, 2.75) is 31.3 Å². The average Bonchev–Trinajstić information content (AvgIpc) is 2.66. The number of benzene rings is 2. The maximum absolute atomic E-state index is 13.2. The monoisotopic (exact) mass is 371 g/mol. The van der Waals surface area contributed by atoms with E-state index in [0.29, 0.717) is 12.3 Å². The molecule has 0 heterocycles. The molecule has 146 valence electrons. The number of aliphatic hydroxyl groups is 1. The van der Waals surface area contributed by atoms with E-state index >= 15 is 0 Å². The topological polar surface area (TPSA) is 32.7 Å². The number of rotatable bonds is 6. The number of hydrogen-bond acceptors (Lipinski definition) is 3. The number of para-hydroxylation sites is 1. The molecule has 3 unspecified atom stereocenters. The number of halogens is 1. The zero-order chi connectivity index (χ0) is 19.4. The van der Waals surface area contributed by atoms with Gasteiger partial charge in [0, 0.05) is 18.0 Å². The van der Waals surface area contributed by atoms with E-state index in [-0.39, 0.29) is 11.7 Å². The summed E-state index contributed by atoms with van der Waals surface area (Å²) in [5.74, 6) is 1.15. The van der Waals surface area contributed by atoms with Gasteiger partial charge in [-0.05, 0) is 69.5 Å². The maximum atomic E-state index is 13.2. The summed E-state index contributed by atoms with van der Waals surface area (Å²) in [5.41, 5.74) is 1.16. The van der Waals surface area contributed by atoms with Gasteiger partial charge in [0.25, 0.3) is 0 Å². The molecule has 0 radical (unpaired) electrons. The van der Waals surface area contributed by atoms with Crippen molar-refractivity contribution >= 4 is 0 Å². The fourth-order valence-electron chi connectivity index (χ4n) is 4.51. The Kier molecular flexibility index (Phi) is 6.18. The molecule has 1 aliphatic rings. The van der Waals surface area contributed by atoms with E-state index in [1.165, 1.54) is 12.1 Å². The molecule has 3 atom stereocenters. The quantitative estimate of drug-likeness (QED) is 0.824. The van der Waals surface area contributed by atoms with Crippen LogP contribution in [0.3, 0.4) is 0 Å². The predicted molar refractivity (Wildman–Crippen MR) is 106 cm³/mol. The summed E-state index contributed by atoms with van der Waals surface area (Å²) in [6.07, 6.45) is 3.50. The third-order valence-electron chi connectivity index (χ3n) is 5.82. The van der Waals surface area contributed by atoms with Crippen LogP contribution in [0.1, 0.15) is 30.4 Å². The van der Waals surface area contributed by atoms with Gasteiger partial charge in [0.2, 0.25) is 0 Å². The van der Waals surface area contributed by atoms with Crippen molar-refractivity contribution in [3.05, 3.63) is 65.5 Å². The molecule has 0 aromatic heterocycles. The molecule has 1 fully saturated rings. The number of hydrogen-bond donors (Lipinski definition) is 1. The molecule has 2 aromatic rings. The van der Waals surface area contributed by atoms with Crippen LogP contribution >= 0.6 is 0 Å². The van der Waals surface area contributed by atoms with E-state index in [1.807, 2.05) is 50.5 Å². The fourth-order valence-corrected chi connectivity index (χ4v) is 4.51. The van der Waals surface area contributed by atoms with Gasteiger partial charge in [-0.15, -0.1) is 0 Å². The third-order valence-corrected chi connectivity index (χ3v) is 5.82. The van der Waals surface area contributed by atoms with E-state index in [9.17, 15) is 9.50 Å². The number of ether oxygens (including phenoxy) is 1. The molecule has 3 rings (SSSR count). The highest BCUT2D eigenvalue weighted by Crippen LogP contribution is 2.47. The van der Waals surface area contributed by atoms with Crippen molar-refractivity contribution in [1.29, 1.82) is 0 Å². The van der Waals surface area contributed by atoms with Gasteiger partial charge in [-0.2, -0.15) is 0 Å². The van der Waals surface area contributed by atoms with E-state index in [0.717, 1.165) is 42.7 Å². The predicted octanol–water partition coefficient (Wildman–Crippen LogP) is 4.24. The van der Waals surface area contributed by atoms with Crippen LogP contribution in [-0.4, -0.2) is 37.8 Å². The molecule has 0 amide bonds. The summed E-state index contributed by atoms with van der Waals surface area (Å²) in [5, 5.41) is 11.7. The lowest BCUT2D eigenvalue weighted by atomic mass is 9.66. The highest BCUT2D eigenvalue weighted by atomic mass is 19.1. The summed E-state index contributed by atoms with van der Waals surface area (Å²) in [6.45, 7) is 0.814. The van der Waals surface area contributed by atoms with Crippen LogP contribution < -0.4 is 4.74 Å². The molecule has 0 bridgehead atoms. The number of nitrogens with zero attached hydrogens (tertiary/aromatic N) is 1. The van der Waals surface area contributed by atoms with Crippen LogP contribution in [0.25, 0.3) is 0 Å². The van der Waals surface area contributed by atoms with Crippen LogP contribution in [0.4, 0.5) is 4.39 Å². The molecular weight excluding hydrogens is 341 g/mol. The lowest BCUT2D eigenvalue weighted by Crippen LogP contribution is -2.45. The molecule has 2 aromatic carbocycles. The van der Waals surface area contributed by atoms with Crippen molar-refractivity contribution in [3.8, 4) is 5.75 Å². The second kappa shape index (κ2) is 8.41. The zero-order valence-electron chi connectivity index (χ0n) is 16.5. The highest BCUT2D eigenvalue weighted by molar-refractivity contribution is 5.39. The van der Waals surface area contributed by atoms with Gasteiger partial charge < -0.3 is 14.7 Å². The van der Waals surface area contributed by atoms with E-state index in [1.54, 1.807) is 7.11 Å². The lowest BCUT2D eigenvalue weighted by Gasteiger charge is -2.45. The summed E-state index contributed by atoms with van der Waals surface area (Å²) in [6, 6.07) is 14.6. The third kappa shape index (κ3) is 4.50. The van der Waals surface area contributed by atoms with Crippen LogP contribution in [0.15, 0.2) is 48.5 Å². The van der Waals surface area contributed by atoms with Crippen LogP contribution in [0.2, 0.25) is 0 Å². The molecule has 3 nitrogen and oxygen atoms in total. The van der Waals surface area contributed by atoms with Gasteiger partial charge in [-0.3, -0.25) is 0 Å². The van der Waals surface area contributed by atoms with Gasteiger partial charge in [-0.25, -0.2) is 4.39 Å². The Labute approximate surface area is 161 Å². The molecule has 27 heavy (non-hydrogen) atoms. The first kappa shape index (κ1) is 19.8. The Morgan fingerprint density at radius 2 is 1.85 bits per heavy atom. The summed E-state index contributed by atoms with van der Waals surface area (Å²) in [7, 11) is 5.75. The number of methoxy groups -OCH3 is 1. The Bertz CT molecular complexity index is 746. The van der Waals surface area contributed by atoms with Gasteiger partial charge in [0.1, 0.15) is 11.6 Å². The van der Waals surface area contributed by atoms with Crippen molar-refractivity contribution in [3.63, 3.8) is 0 Å². The Morgan fingerprint density at radius 1 is 1.15 bits per heavy atom. The maximum Gasteiger partial charge on any atom is 0.124 e. The first-order valence-electron chi connectivity index (χ1n) is 9.67. The van der Waals surface area contributed by atoms with Crippen LogP contribution in [0.5, 0.6) is 5.75 Å². The van der Waals surface area contributed by atoms with Gasteiger partial charge in [0.15, 0.2) is 0 Å². The first-order valence-corrected chi connectivity index (χ1v) is 9.67. The summed E-state index contributed by atoms with van der Waals surface area (Å²) < 4.78 is 18.7. The minimum Gasteiger partial charge on any atom is -0.496 e. The van der Waals surface area contributed by atoms with Crippen molar-refractivity contribution in [1.82, 2.24) is 4.90 Å². The van der Waals surface area contributed by atoms with E-state index in [4.69, 9.17) is 4.74 Å². The first-order chi connectivity index (χ1) is 12.9. The normalized spacial score (nSPS) is 25.6. The molecular formula is C23H30FNO2. The molecule has 1 aliphatic carbocycles. The molecule has 0 saturated heterocycles.